The molecule has 8 nitrogen and oxygen atoms in total. The van der Waals surface area contributed by atoms with Gasteiger partial charge in [-0.25, -0.2) is 19.7 Å². The van der Waals surface area contributed by atoms with Gasteiger partial charge in [0.2, 0.25) is 5.95 Å². The lowest BCUT2D eigenvalue weighted by atomic mass is 10.0. The number of benzene rings is 2. The third-order valence-corrected chi connectivity index (χ3v) is 5.10. The number of carbonyl (C=O) groups excluding carboxylic acids is 1. The molecule has 2 aromatic carbocycles. The molecule has 0 fully saturated rings. The molecule has 0 unspecified atom stereocenters. The first kappa shape index (κ1) is 19.5. The molecule has 0 spiro atoms. The second kappa shape index (κ2) is 7.99. The number of fused-ring (bicyclic) bond motifs is 2. The summed E-state index contributed by atoms with van der Waals surface area (Å²) >= 11 is 0. The number of imidazole rings is 1. The third kappa shape index (κ3) is 3.37. The van der Waals surface area contributed by atoms with Crippen LogP contribution in [0.25, 0.3) is 27.8 Å². The molecule has 2 N–H and O–H groups in total. The first-order valence-corrected chi connectivity index (χ1v) is 10.1. The molecule has 0 aliphatic carbocycles. The Morgan fingerprint density at radius 3 is 2.75 bits per heavy atom. The van der Waals surface area contributed by atoms with Gasteiger partial charge in [0, 0.05) is 23.5 Å². The maximum Gasteiger partial charge on any atom is 0.338 e. The van der Waals surface area contributed by atoms with E-state index in [1.54, 1.807) is 48.0 Å². The van der Waals surface area contributed by atoms with E-state index in [0.717, 1.165) is 22.2 Å². The number of hydrogen-bond donors (Lipinski definition) is 2. The van der Waals surface area contributed by atoms with E-state index in [9.17, 15) is 9.90 Å². The second-order valence-electron chi connectivity index (χ2n) is 7.05. The summed E-state index contributed by atoms with van der Waals surface area (Å²) in [5.41, 5.74) is 3.10. The fourth-order valence-electron chi connectivity index (χ4n) is 3.66. The molecule has 0 bridgehead atoms. The molecule has 0 radical (unpaired) electrons. The van der Waals surface area contributed by atoms with Crippen LogP contribution >= 0.6 is 0 Å². The number of aromatic hydroxyl groups is 1. The van der Waals surface area contributed by atoms with E-state index in [4.69, 9.17) is 4.74 Å². The van der Waals surface area contributed by atoms with Crippen LogP contribution < -0.4 is 5.32 Å². The fourth-order valence-corrected chi connectivity index (χ4v) is 3.66. The summed E-state index contributed by atoms with van der Waals surface area (Å²) in [5, 5.41) is 14.9. The van der Waals surface area contributed by atoms with Gasteiger partial charge < -0.3 is 15.2 Å². The van der Waals surface area contributed by atoms with E-state index >= 15 is 0 Å². The number of nitrogens with one attached hydrogen (secondary N) is 1. The van der Waals surface area contributed by atoms with Crippen LogP contribution in [-0.2, 0) is 4.74 Å². The number of anilines is 2. The van der Waals surface area contributed by atoms with E-state index in [2.05, 4.69) is 20.3 Å². The van der Waals surface area contributed by atoms with Crippen molar-refractivity contribution in [3.63, 3.8) is 0 Å². The van der Waals surface area contributed by atoms with Crippen molar-refractivity contribution in [2.24, 2.45) is 0 Å². The number of esters is 1. The van der Waals surface area contributed by atoms with Crippen molar-refractivity contribution >= 4 is 34.0 Å². The predicted molar refractivity (Wildman–Crippen MR) is 121 cm³/mol. The molecule has 5 rings (SSSR count). The lowest BCUT2D eigenvalue weighted by Gasteiger charge is -2.12. The van der Waals surface area contributed by atoms with E-state index in [1.807, 2.05) is 36.5 Å². The van der Waals surface area contributed by atoms with Crippen molar-refractivity contribution < 1.29 is 14.6 Å². The normalized spacial score (nSPS) is 11.0. The second-order valence-corrected chi connectivity index (χ2v) is 7.05. The summed E-state index contributed by atoms with van der Waals surface area (Å²) in [4.78, 5) is 25.6. The molecule has 0 aliphatic rings. The van der Waals surface area contributed by atoms with E-state index in [-0.39, 0.29) is 11.7 Å². The summed E-state index contributed by atoms with van der Waals surface area (Å²) in [5.74, 6) is 0.135. The fraction of sp³-hybridized carbons (Fsp3) is 0.0833. The maximum atomic E-state index is 12.3. The molecule has 0 saturated heterocycles. The lowest BCUT2D eigenvalue weighted by molar-refractivity contribution is 0.0528. The summed E-state index contributed by atoms with van der Waals surface area (Å²) in [6, 6.07) is 16.3. The largest absolute Gasteiger partial charge is 0.504 e. The van der Waals surface area contributed by atoms with Gasteiger partial charge in [-0.1, -0.05) is 24.3 Å². The van der Waals surface area contributed by atoms with Gasteiger partial charge in [0.15, 0.2) is 11.4 Å². The van der Waals surface area contributed by atoms with Crippen molar-refractivity contribution in [3.05, 3.63) is 78.8 Å². The molecule has 8 heteroatoms. The van der Waals surface area contributed by atoms with E-state index < -0.39 is 0 Å². The highest BCUT2D eigenvalue weighted by atomic mass is 16.5. The Balaban J connectivity index is 1.53. The first-order valence-electron chi connectivity index (χ1n) is 10.1. The zero-order valence-electron chi connectivity index (χ0n) is 17.2. The Labute approximate surface area is 183 Å². The van der Waals surface area contributed by atoms with Gasteiger partial charge in [-0.2, -0.15) is 0 Å². The SMILES string of the molecule is CCOC(=O)c1ccc(Nc2nccc(-c3cnc4c(O)cccn34)n2)c2ccccc12. The average molecular weight is 425 g/mol. The van der Waals surface area contributed by atoms with Gasteiger partial charge >= 0.3 is 5.97 Å². The van der Waals surface area contributed by atoms with Gasteiger partial charge in [-0.3, -0.25) is 4.40 Å². The van der Waals surface area contributed by atoms with Gasteiger partial charge in [-0.15, -0.1) is 0 Å². The highest BCUT2D eigenvalue weighted by Crippen LogP contribution is 2.30. The van der Waals surface area contributed by atoms with Crippen LogP contribution in [0.5, 0.6) is 5.75 Å². The minimum atomic E-state index is -0.357. The van der Waals surface area contributed by atoms with Crippen molar-refractivity contribution in [1.29, 1.82) is 0 Å². The summed E-state index contributed by atoms with van der Waals surface area (Å²) < 4.78 is 6.95. The Bertz CT molecular complexity index is 1460. The Hall–Kier alpha value is -4.46. The van der Waals surface area contributed by atoms with Crippen LogP contribution in [0.3, 0.4) is 0 Å². The van der Waals surface area contributed by atoms with Gasteiger partial charge in [-0.05, 0) is 42.6 Å². The van der Waals surface area contributed by atoms with Crippen molar-refractivity contribution in [2.45, 2.75) is 6.92 Å². The van der Waals surface area contributed by atoms with Crippen LogP contribution in [0.15, 0.2) is 73.2 Å². The van der Waals surface area contributed by atoms with Crippen LogP contribution in [0.4, 0.5) is 11.6 Å². The summed E-state index contributed by atoms with van der Waals surface area (Å²) in [6.45, 7) is 2.10. The van der Waals surface area contributed by atoms with Crippen LogP contribution in [0.2, 0.25) is 0 Å². The van der Waals surface area contributed by atoms with Gasteiger partial charge in [0.05, 0.1) is 29.8 Å². The van der Waals surface area contributed by atoms with E-state index in [0.29, 0.717) is 29.5 Å². The highest BCUT2D eigenvalue weighted by Gasteiger charge is 2.15. The standard InChI is InChI=1S/C24H19N5O3/c1-2-32-23(31)17-9-10-18(16-7-4-3-6-15(16)17)27-24-25-12-11-19(28-24)20-14-26-22-21(30)8-5-13-29(20)22/h3-14,30H,2H2,1H3,(H,25,27,28). The first-order chi connectivity index (χ1) is 15.7. The molecule has 0 aliphatic heterocycles. The quantitative estimate of drug-likeness (QED) is 0.398. The molecular weight excluding hydrogens is 406 g/mol. The topological polar surface area (TPSA) is 102 Å². The van der Waals surface area contributed by atoms with Crippen LogP contribution in [0.1, 0.15) is 17.3 Å². The number of ether oxygens (including phenoxy) is 1. The molecule has 3 aromatic heterocycles. The molecule has 5 aromatic rings. The Morgan fingerprint density at radius 1 is 1.06 bits per heavy atom. The number of nitrogens with zero attached hydrogens (tertiary/aromatic N) is 4. The minimum Gasteiger partial charge on any atom is -0.504 e. The maximum absolute atomic E-state index is 12.3. The van der Waals surface area contributed by atoms with Crippen molar-refractivity contribution in [1.82, 2.24) is 19.4 Å². The van der Waals surface area contributed by atoms with E-state index in [1.165, 1.54) is 0 Å². The molecule has 0 saturated carbocycles. The number of carbonyl (C=O) groups is 1. The average Bonchev–Trinajstić information content (AvgIpc) is 3.25. The minimum absolute atomic E-state index is 0.0966. The monoisotopic (exact) mass is 425 g/mol. The number of hydrogen-bond acceptors (Lipinski definition) is 7. The summed E-state index contributed by atoms with van der Waals surface area (Å²) in [6.07, 6.45) is 5.13. The highest BCUT2D eigenvalue weighted by molar-refractivity contribution is 6.08. The predicted octanol–water partition coefficient (Wildman–Crippen LogP) is 4.57. The number of rotatable bonds is 5. The van der Waals surface area contributed by atoms with Crippen LogP contribution in [0, 0.1) is 0 Å². The zero-order chi connectivity index (χ0) is 22.1. The lowest BCUT2D eigenvalue weighted by Crippen LogP contribution is -2.06. The Morgan fingerprint density at radius 2 is 1.91 bits per heavy atom. The molecule has 32 heavy (non-hydrogen) atoms. The van der Waals surface area contributed by atoms with Crippen LogP contribution in [-0.4, -0.2) is 37.0 Å². The number of aromatic nitrogens is 4. The van der Waals surface area contributed by atoms with Crippen molar-refractivity contribution in [2.75, 3.05) is 11.9 Å². The number of pyridine rings is 1. The Kier molecular flexibility index (Phi) is 4.87. The molecule has 0 amide bonds. The smallest absolute Gasteiger partial charge is 0.338 e. The molecular formula is C24H19N5O3. The summed E-state index contributed by atoms with van der Waals surface area (Å²) in [7, 11) is 0. The third-order valence-electron chi connectivity index (χ3n) is 5.10. The van der Waals surface area contributed by atoms with Crippen molar-refractivity contribution in [3.8, 4) is 17.1 Å². The van der Waals surface area contributed by atoms with Gasteiger partial charge in [0.25, 0.3) is 0 Å². The molecule has 158 valence electrons. The van der Waals surface area contributed by atoms with Gasteiger partial charge in [0.1, 0.15) is 0 Å². The molecule has 0 atom stereocenters. The zero-order valence-corrected chi connectivity index (χ0v) is 17.2. The molecule has 3 heterocycles.